The second-order valence-electron chi connectivity index (χ2n) is 5.36. The molecular formula is C14H26O6. The van der Waals surface area contributed by atoms with Gasteiger partial charge in [-0.25, -0.2) is 9.59 Å². The van der Waals surface area contributed by atoms with Crippen LogP contribution in [0, 0.1) is 11.8 Å². The lowest BCUT2D eigenvalue weighted by Crippen LogP contribution is -2.44. The van der Waals surface area contributed by atoms with Crippen molar-refractivity contribution >= 4 is 11.9 Å². The smallest absolute Gasteiger partial charge is 0.338 e. The van der Waals surface area contributed by atoms with Crippen molar-refractivity contribution in [1.82, 2.24) is 0 Å². The van der Waals surface area contributed by atoms with Crippen molar-refractivity contribution in [1.29, 1.82) is 0 Å². The van der Waals surface area contributed by atoms with Crippen LogP contribution < -0.4 is 0 Å². The van der Waals surface area contributed by atoms with Gasteiger partial charge < -0.3 is 18.9 Å². The van der Waals surface area contributed by atoms with Crippen molar-refractivity contribution < 1.29 is 28.5 Å². The number of hydrogen-bond acceptors (Lipinski definition) is 6. The van der Waals surface area contributed by atoms with Crippen LogP contribution in [0.5, 0.6) is 0 Å². The van der Waals surface area contributed by atoms with Gasteiger partial charge in [-0.05, 0) is 11.8 Å². The maximum absolute atomic E-state index is 11.9. The van der Waals surface area contributed by atoms with Crippen molar-refractivity contribution in [2.24, 2.45) is 11.8 Å². The van der Waals surface area contributed by atoms with Gasteiger partial charge in [-0.2, -0.15) is 0 Å². The zero-order valence-corrected chi connectivity index (χ0v) is 13.2. The zero-order chi connectivity index (χ0) is 15.7. The fourth-order valence-corrected chi connectivity index (χ4v) is 1.35. The molecule has 118 valence electrons. The molecular weight excluding hydrogens is 264 g/mol. The molecule has 0 aliphatic carbocycles. The number of ether oxygens (including phenoxy) is 4. The normalized spacial score (nSPS) is 14.2. The molecule has 0 aromatic heterocycles. The molecule has 0 saturated heterocycles. The fraction of sp³-hybridized carbons (Fsp3) is 0.857. The van der Waals surface area contributed by atoms with E-state index < -0.39 is 24.1 Å². The Morgan fingerprint density at radius 1 is 0.750 bits per heavy atom. The van der Waals surface area contributed by atoms with Crippen LogP contribution in [0.3, 0.4) is 0 Å². The molecule has 0 aliphatic rings. The highest BCUT2D eigenvalue weighted by Gasteiger charge is 2.36. The quantitative estimate of drug-likeness (QED) is 0.598. The van der Waals surface area contributed by atoms with Crippen LogP contribution in [-0.4, -0.2) is 51.6 Å². The highest BCUT2D eigenvalue weighted by molar-refractivity contribution is 5.85. The molecule has 2 atom stereocenters. The first-order valence-corrected chi connectivity index (χ1v) is 6.72. The molecule has 2 unspecified atom stereocenters. The summed E-state index contributed by atoms with van der Waals surface area (Å²) in [6.45, 7) is 8.19. The van der Waals surface area contributed by atoms with E-state index in [9.17, 15) is 9.59 Å². The van der Waals surface area contributed by atoms with Crippen LogP contribution in [0.4, 0.5) is 0 Å². The third-order valence-corrected chi connectivity index (χ3v) is 2.37. The van der Waals surface area contributed by atoms with Crippen LogP contribution in [0.15, 0.2) is 0 Å². The van der Waals surface area contributed by atoms with E-state index in [2.05, 4.69) is 0 Å². The highest BCUT2D eigenvalue weighted by Crippen LogP contribution is 2.09. The minimum Gasteiger partial charge on any atom is -0.463 e. The van der Waals surface area contributed by atoms with Gasteiger partial charge in [0.1, 0.15) is 0 Å². The summed E-state index contributed by atoms with van der Waals surface area (Å²) >= 11 is 0. The van der Waals surface area contributed by atoms with Gasteiger partial charge in [0.25, 0.3) is 0 Å². The molecule has 0 N–H and O–H groups in total. The lowest BCUT2D eigenvalue weighted by molar-refractivity contribution is -0.179. The molecule has 6 nitrogen and oxygen atoms in total. The third-order valence-electron chi connectivity index (χ3n) is 2.37. The minimum absolute atomic E-state index is 0.199. The lowest BCUT2D eigenvalue weighted by Gasteiger charge is -2.22. The van der Waals surface area contributed by atoms with E-state index >= 15 is 0 Å². The Morgan fingerprint density at radius 3 is 1.25 bits per heavy atom. The predicted molar refractivity (Wildman–Crippen MR) is 73.2 cm³/mol. The minimum atomic E-state index is -1.13. The number of esters is 2. The van der Waals surface area contributed by atoms with Gasteiger partial charge in [-0.3, -0.25) is 0 Å². The Kier molecular flexibility index (Phi) is 9.16. The van der Waals surface area contributed by atoms with E-state index in [-0.39, 0.29) is 25.0 Å². The largest absolute Gasteiger partial charge is 0.463 e. The summed E-state index contributed by atoms with van der Waals surface area (Å²) in [6.07, 6.45) is -2.25. The number of carbonyl (C=O) groups excluding carboxylic acids is 2. The molecule has 0 bridgehead atoms. The SMILES string of the molecule is COC(C(=O)OCC(C)C)C(OC)C(=O)OCC(C)C. The monoisotopic (exact) mass is 290 g/mol. The maximum Gasteiger partial charge on any atom is 0.338 e. The van der Waals surface area contributed by atoms with E-state index in [4.69, 9.17) is 18.9 Å². The first-order valence-electron chi connectivity index (χ1n) is 6.72. The summed E-state index contributed by atoms with van der Waals surface area (Å²) in [6, 6.07) is 0. The summed E-state index contributed by atoms with van der Waals surface area (Å²) in [4.78, 5) is 23.8. The predicted octanol–water partition coefficient (Wildman–Crippen LogP) is 1.41. The Labute approximate surface area is 120 Å². The summed E-state index contributed by atoms with van der Waals surface area (Å²) < 4.78 is 20.2. The van der Waals surface area contributed by atoms with Gasteiger partial charge in [-0.15, -0.1) is 0 Å². The molecule has 0 rings (SSSR count). The molecule has 0 radical (unpaired) electrons. The molecule has 0 aliphatic heterocycles. The van der Waals surface area contributed by atoms with E-state index in [1.807, 2.05) is 27.7 Å². The molecule has 0 aromatic rings. The molecule has 0 fully saturated rings. The maximum atomic E-state index is 11.9. The van der Waals surface area contributed by atoms with E-state index in [0.717, 1.165) is 0 Å². The van der Waals surface area contributed by atoms with Gasteiger partial charge in [0, 0.05) is 14.2 Å². The van der Waals surface area contributed by atoms with Gasteiger partial charge >= 0.3 is 11.9 Å². The Hall–Kier alpha value is -1.14. The van der Waals surface area contributed by atoms with Gasteiger partial charge in [-0.1, -0.05) is 27.7 Å². The number of carbonyl (C=O) groups is 2. The molecule has 0 saturated carbocycles. The Morgan fingerprint density at radius 2 is 1.05 bits per heavy atom. The molecule has 0 spiro atoms. The van der Waals surface area contributed by atoms with Crippen LogP contribution in [0.1, 0.15) is 27.7 Å². The molecule has 6 heteroatoms. The first kappa shape index (κ1) is 18.9. The van der Waals surface area contributed by atoms with Crippen molar-refractivity contribution in [2.45, 2.75) is 39.9 Å². The Bertz CT molecular complexity index is 270. The van der Waals surface area contributed by atoms with Crippen LogP contribution in [0.25, 0.3) is 0 Å². The highest BCUT2D eigenvalue weighted by atomic mass is 16.6. The molecule has 0 aromatic carbocycles. The van der Waals surface area contributed by atoms with E-state index in [1.165, 1.54) is 14.2 Å². The standard InChI is InChI=1S/C14H26O6/c1-9(2)7-19-13(15)11(17-5)12(18-6)14(16)20-8-10(3)4/h9-12H,7-8H2,1-6H3. The van der Waals surface area contributed by atoms with Gasteiger partial charge in [0.2, 0.25) is 0 Å². The summed E-state index contributed by atoms with van der Waals surface area (Å²) in [7, 11) is 2.64. The number of hydrogen-bond donors (Lipinski definition) is 0. The Balaban J connectivity index is 4.62. The molecule has 0 amide bonds. The van der Waals surface area contributed by atoms with Gasteiger partial charge in [0.05, 0.1) is 13.2 Å². The fourth-order valence-electron chi connectivity index (χ4n) is 1.35. The van der Waals surface area contributed by atoms with E-state index in [1.54, 1.807) is 0 Å². The van der Waals surface area contributed by atoms with Crippen LogP contribution >= 0.6 is 0 Å². The summed E-state index contributed by atoms with van der Waals surface area (Å²) in [5, 5.41) is 0. The van der Waals surface area contributed by atoms with Crippen molar-refractivity contribution in [2.75, 3.05) is 27.4 Å². The van der Waals surface area contributed by atoms with E-state index in [0.29, 0.717) is 0 Å². The second kappa shape index (κ2) is 9.72. The summed E-state index contributed by atoms with van der Waals surface area (Å²) in [5.41, 5.74) is 0. The molecule has 0 heterocycles. The summed E-state index contributed by atoms with van der Waals surface area (Å²) in [5.74, 6) is -0.861. The topological polar surface area (TPSA) is 71.1 Å². The van der Waals surface area contributed by atoms with Crippen molar-refractivity contribution in [3.8, 4) is 0 Å². The third kappa shape index (κ3) is 6.86. The zero-order valence-electron chi connectivity index (χ0n) is 13.2. The van der Waals surface area contributed by atoms with Gasteiger partial charge in [0.15, 0.2) is 12.2 Å². The second-order valence-corrected chi connectivity index (χ2v) is 5.36. The average molecular weight is 290 g/mol. The number of rotatable bonds is 9. The van der Waals surface area contributed by atoms with Crippen molar-refractivity contribution in [3.05, 3.63) is 0 Å². The number of methoxy groups -OCH3 is 2. The van der Waals surface area contributed by atoms with Crippen molar-refractivity contribution in [3.63, 3.8) is 0 Å². The van der Waals surface area contributed by atoms with Crippen LogP contribution in [0.2, 0.25) is 0 Å². The lowest BCUT2D eigenvalue weighted by atomic mass is 10.2. The first-order chi connectivity index (χ1) is 9.33. The average Bonchev–Trinajstić information content (AvgIpc) is 2.39. The van der Waals surface area contributed by atoms with Crippen LogP contribution in [-0.2, 0) is 28.5 Å². The molecule has 20 heavy (non-hydrogen) atoms.